The molecule has 0 aliphatic rings. The molecule has 0 fully saturated rings. The second kappa shape index (κ2) is 23.9. The topological polar surface area (TPSA) is 9.23 Å². The van der Waals surface area contributed by atoms with E-state index in [0.29, 0.717) is 13.0 Å². The lowest BCUT2D eigenvalue weighted by Crippen LogP contribution is -2.07. The predicted octanol–water partition coefficient (Wildman–Crippen LogP) is 9.53. The zero-order chi connectivity index (χ0) is 19.8. The van der Waals surface area contributed by atoms with Crippen molar-refractivity contribution in [3.05, 3.63) is 0 Å². The van der Waals surface area contributed by atoms with Crippen LogP contribution in [0.4, 0.5) is 4.39 Å². The molecular formula is C25H51FO. The summed E-state index contributed by atoms with van der Waals surface area (Å²) in [6, 6.07) is 0. The van der Waals surface area contributed by atoms with Gasteiger partial charge < -0.3 is 4.74 Å². The fourth-order valence-electron chi connectivity index (χ4n) is 3.68. The van der Waals surface area contributed by atoms with Crippen LogP contribution in [0.2, 0.25) is 0 Å². The molecule has 0 heterocycles. The third-order valence-corrected chi connectivity index (χ3v) is 5.58. The molecule has 1 nitrogen and oxygen atoms in total. The van der Waals surface area contributed by atoms with Gasteiger partial charge >= 0.3 is 0 Å². The Labute approximate surface area is 171 Å². The van der Waals surface area contributed by atoms with Gasteiger partial charge in [0.2, 0.25) is 0 Å². The second-order valence-corrected chi connectivity index (χ2v) is 8.43. The largest absolute Gasteiger partial charge is 0.348 e. The minimum absolute atomic E-state index is 0.588. The SMILES string of the molecule is CCCCCCCCCCCCCCCCOC(F)CCCCCCCC. The third-order valence-electron chi connectivity index (χ3n) is 5.58. The van der Waals surface area contributed by atoms with Crippen molar-refractivity contribution >= 4 is 0 Å². The molecule has 0 N–H and O–H groups in total. The molecule has 0 saturated heterocycles. The van der Waals surface area contributed by atoms with E-state index in [1.807, 2.05) is 0 Å². The molecule has 0 spiro atoms. The lowest BCUT2D eigenvalue weighted by molar-refractivity contribution is -0.0459. The maximum Gasteiger partial charge on any atom is 0.198 e. The van der Waals surface area contributed by atoms with Gasteiger partial charge in [0.15, 0.2) is 6.36 Å². The number of hydrogen-bond donors (Lipinski definition) is 0. The van der Waals surface area contributed by atoms with E-state index < -0.39 is 6.36 Å². The van der Waals surface area contributed by atoms with Crippen LogP contribution < -0.4 is 0 Å². The quantitative estimate of drug-likeness (QED) is 0.159. The molecule has 1 atom stereocenters. The first-order valence-electron chi connectivity index (χ1n) is 12.6. The Morgan fingerprint density at radius 1 is 0.481 bits per heavy atom. The van der Waals surface area contributed by atoms with Crippen molar-refractivity contribution < 1.29 is 9.13 Å². The average Bonchev–Trinajstić information content (AvgIpc) is 2.67. The van der Waals surface area contributed by atoms with Crippen LogP contribution in [0.1, 0.15) is 149 Å². The van der Waals surface area contributed by atoms with Gasteiger partial charge in [0, 0.05) is 6.42 Å². The van der Waals surface area contributed by atoms with Gasteiger partial charge in [0.05, 0.1) is 6.61 Å². The fraction of sp³-hybridized carbons (Fsp3) is 1.00. The van der Waals surface area contributed by atoms with Gasteiger partial charge in [0.25, 0.3) is 0 Å². The molecular weight excluding hydrogens is 335 g/mol. The molecule has 0 aromatic rings. The molecule has 0 aliphatic heterocycles. The van der Waals surface area contributed by atoms with E-state index in [1.165, 1.54) is 109 Å². The number of hydrogen-bond acceptors (Lipinski definition) is 1. The van der Waals surface area contributed by atoms with Gasteiger partial charge in [-0.25, -0.2) is 4.39 Å². The highest BCUT2D eigenvalue weighted by atomic mass is 19.1. The fourth-order valence-corrected chi connectivity index (χ4v) is 3.68. The molecule has 0 bridgehead atoms. The molecule has 164 valence electrons. The molecule has 0 aromatic carbocycles. The van der Waals surface area contributed by atoms with E-state index in [9.17, 15) is 4.39 Å². The Bertz CT molecular complexity index is 257. The maximum atomic E-state index is 13.6. The van der Waals surface area contributed by atoms with E-state index in [4.69, 9.17) is 4.74 Å². The Morgan fingerprint density at radius 2 is 0.815 bits per heavy atom. The van der Waals surface area contributed by atoms with Crippen LogP contribution in [-0.2, 0) is 4.74 Å². The number of unbranched alkanes of at least 4 members (excludes halogenated alkanes) is 18. The minimum Gasteiger partial charge on any atom is -0.348 e. The Kier molecular flexibility index (Phi) is 23.8. The van der Waals surface area contributed by atoms with Crippen LogP contribution >= 0.6 is 0 Å². The number of halogens is 1. The maximum absolute atomic E-state index is 13.6. The summed E-state index contributed by atoms with van der Waals surface area (Å²) >= 11 is 0. The van der Waals surface area contributed by atoms with Crippen molar-refractivity contribution in [1.29, 1.82) is 0 Å². The van der Waals surface area contributed by atoms with Crippen LogP contribution in [-0.4, -0.2) is 13.0 Å². The van der Waals surface area contributed by atoms with Crippen LogP contribution in [0, 0.1) is 0 Å². The average molecular weight is 387 g/mol. The highest BCUT2D eigenvalue weighted by Crippen LogP contribution is 2.14. The van der Waals surface area contributed by atoms with Gasteiger partial charge in [-0.05, 0) is 12.8 Å². The number of rotatable bonds is 23. The Hall–Kier alpha value is -0.110. The number of ether oxygens (including phenoxy) is 1. The van der Waals surface area contributed by atoms with Crippen molar-refractivity contribution in [3.63, 3.8) is 0 Å². The first kappa shape index (κ1) is 26.9. The van der Waals surface area contributed by atoms with Crippen molar-refractivity contribution in [2.75, 3.05) is 6.61 Å². The van der Waals surface area contributed by atoms with Crippen LogP contribution in [0.5, 0.6) is 0 Å². The first-order valence-corrected chi connectivity index (χ1v) is 12.6. The minimum atomic E-state index is -1.03. The summed E-state index contributed by atoms with van der Waals surface area (Å²) in [5, 5.41) is 0. The van der Waals surface area contributed by atoms with Crippen LogP contribution in [0.25, 0.3) is 0 Å². The summed E-state index contributed by atoms with van der Waals surface area (Å²) in [5.74, 6) is 0. The van der Waals surface area contributed by atoms with Gasteiger partial charge in [-0.3, -0.25) is 0 Å². The van der Waals surface area contributed by atoms with Crippen molar-refractivity contribution in [2.24, 2.45) is 0 Å². The Morgan fingerprint density at radius 3 is 1.22 bits per heavy atom. The van der Waals surface area contributed by atoms with E-state index in [1.54, 1.807) is 0 Å². The zero-order valence-corrected chi connectivity index (χ0v) is 18.9. The summed E-state index contributed by atoms with van der Waals surface area (Å²) in [7, 11) is 0. The summed E-state index contributed by atoms with van der Waals surface area (Å²) in [4.78, 5) is 0. The molecule has 0 aromatic heterocycles. The van der Waals surface area contributed by atoms with E-state index in [0.717, 1.165) is 19.3 Å². The molecule has 0 saturated carbocycles. The van der Waals surface area contributed by atoms with Gasteiger partial charge in [-0.2, -0.15) is 0 Å². The van der Waals surface area contributed by atoms with Crippen LogP contribution in [0.3, 0.4) is 0 Å². The lowest BCUT2D eigenvalue weighted by Gasteiger charge is -2.09. The summed E-state index contributed by atoms with van der Waals surface area (Å²) in [5.41, 5.74) is 0. The summed E-state index contributed by atoms with van der Waals surface area (Å²) in [6.07, 6.45) is 25.8. The third kappa shape index (κ3) is 23.9. The van der Waals surface area contributed by atoms with Gasteiger partial charge in [-0.1, -0.05) is 129 Å². The molecule has 1 unspecified atom stereocenters. The van der Waals surface area contributed by atoms with E-state index in [-0.39, 0.29) is 0 Å². The van der Waals surface area contributed by atoms with Gasteiger partial charge in [0.1, 0.15) is 0 Å². The monoisotopic (exact) mass is 386 g/mol. The smallest absolute Gasteiger partial charge is 0.198 e. The molecule has 0 rings (SSSR count). The lowest BCUT2D eigenvalue weighted by atomic mass is 10.0. The number of alkyl halides is 1. The second-order valence-electron chi connectivity index (χ2n) is 8.43. The molecule has 27 heavy (non-hydrogen) atoms. The highest BCUT2D eigenvalue weighted by Gasteiger charge is 2.05. The molecule has 0 amide bonds. The predicted molar refractivity (Wildman–Crippen MR) is 119 cm³/mol. The summed E-state index contributed by atoms with van der Waals surface area (Å²) < 4.78 is 18.9. The van der Waals surface area contributed by atoms with Crippen molar-refractivity contribution in [2.45, 2.75) is 155 Å². The summed E-state index contributed by atoms with van der Waals surface area (Å²) in [6.45, 7) is 5.11. The standard InChI is InChI=1S/C25H51FO/c1-3-5-7-9-11-12-13-14-15-16-17-18-20-22-24-27-25(26)23-21-19-10-8-6-4-2/h25H,3-24H2,1-2H3. The van der Waals surface area contributed by atoms with Gasteiger partial charge in [-0.15, -0.1) is 0 Å². The zero-order valence-electron chi connectivity index (χ0n) is 18.9. The van der Waals surface area contributed by atoms with E-state index >= 15 is 0 Å². The first-order chi connectivity index (χ1) is 13.3. The Balaban J connectivity index is 3.09. The highest BCUT2D eigenvalue weighted by molar-refractivity contribution is 4.51. The van der Waals surface area contributed by atoms with Crippen LogP contribution in [0.15, 0.2) is 0 Å². The van der Waals surface area contributed by atoms with E-state index in [2.05, 4.69) is 13.8 Å². The molecule has 2 heteroatoms. The van der Waals surface area contributed by atoms with Crippen molar-refractivity contribution in [3.8, 4) is 0 Å². The molecule has 0 radical (unpaired) electrons. The van der Waals surface area contributed by atoms with Crippen molar-refractivity contribution in [1.82, 2.24) is 0 Å². The normalized spacial score (nSPS) is 12.6. The molecule has 0 aliphatic carbocycles.